The molecule has 2 rings (SSSR count). The van der Waals surface area contributed by atoms with Crippen LogP contribution in [0.3, 0.4) is 0 Å². The molecule has 1 saturated carbocycles. The van der Waals surface area contributed by atoms with Gasteiger partial charge in [-0.15, -0.1) is 0 Å². The lowest BCUT2D eigenvalue weighted by molar-refractivity contribution is 0.300. The predicted octanol–water partition coefficient (Wildman–Crippen LogP) is 3.28. The van der Waals surface area contributed by atoms with Crippen molar-refractivity contribution in [2.45, 2.75) is 45.1 Å². The van der Waals surface area contributed by atoms with Gasteiger partial charge in [-0.3, -0.25) is 0 Å². The molecule has 0 aliphatic heterocycles. The highest BCUT2D eigenvalue weighted by molar-refractivity contribution is 5.30. The molecule has 0 heterocycles. The van der Waals surface area contributed by atoms with E-state index in [9.17, 15) is 4.39 Å². The Bertz CT molecular complexity index is 390. The van der Waals surface area contributed by atoms with Gasteiger partial charge in [0.2, 0.25) is 0 Å². The van der Waals surface area contributed by atoms with Crippen LogP contribution in [0.15, 0.2) is 18.2 Å². The zero-order valence-electron chi connectivity index (χ0n) is 11.0. The van der Waals surface area contributed by atoms with E-state index >= 15 is 0 Å². The van der Waals surface area contributed by atoms with Crippen molar-refractivity contribution in [2.75, 3.05) is 6.61 Å². The summed E-state index contributed by atoms with van der Waals surface area (Å²) in [4.78, 5) is 0. The third-order valence-corrected chi connectivity index (χ3v) is 3.45. The van der Waals surface area contributed by atoms with E-state index in [2.05, 4.69) is 0 Å². The van der Waals surface area contributed by atoms with E-state index in [1.54, 1.807) is 6.07 Å². The normalized spacial score (nSPS) is 16.6. The van der Waals surface area contributed by atoms with E-state index in [1.165, 1.54) is 18.9 Å². The Morgan fingerprint density at radius 2 is 2.17 bits per heavy atom. The van der Waals surface area contributed by atoms with Crippen LogP contribution in [-0.2, 0) is 6.42 Å². The Balaban J connectivity index is 1.91. The van der Waals surface area contributed by atoms with Crippen LogP contribution in [0.4, 0.5) is 4.39 Å². The van der Waals surface area contributed by atoms with Gasteiger partial charge >= 0.3 is 0 Å². The molecule has 0 bridgehead atoms. The Kier molecular flexibility index (Phi) is 4.59. The van der Waals surface area contributed by atoms with Gasteiger partial charge in [-0.05, 0) is 42.9 Å². The summed E-state index contributed by atoms with van der Waals surface area (Å²) >= 11 is 0. The lowest BCUT2D eigenvalue weighted by Crippen LogP contribution is -2.21. The van der Waals surface area contributed by atoms with E-state index in [0.717, 1.165) is 24.3 Å². The Hall–Kier alpha value is -1.09. The third kappa shape index (κ3) is 4.30. The molecule has 0 aromatic heterocycles. The van der Waals surface area contributed by atoms with Crippen molar-refractivity contribution in [1.82, 2.24) is 0 Å². The maximum absolute atomic E-state index is 13.5. The van der Waals surface area contributed by atoms with Gasteiger partial charge in [0.25, 0.3) is 0 Å². The van der Waals surface area contributed by atoms with Gasteiger partial charge in [0, 0.05) is 12.1 Å². The van der Waals surface area contributed by atoms with Crippen LogP contribution < -0.4 is 10.5 Å². The molecule has 100 valence electrons. The molecule has 1 aromatic rings. The van der Waals surface area contributed by atoms with E-state index in [4.69, 9.17) is 10.5 Å². The molecule has 0 radical (unpaired) electrons. The van der Waals surface area contributed by atoms with E-state index < -0.39 is 0 Å². The molecule has 1 atom stereocenters. The van der Waals surface area contributed by atoms with Crippen molar-refractivity contribution in [3.05, 3.63) is 29.6 Å². The summed E-state index contributed by atoms with van der Waals surface area (Å²) in [6.07, 6.45) is 5.33. The van der Waals surface area contributed by atoms with Crippen molar-refractivity contribution in [2.24, 2.45) is 11.7 Å². The molecule has 1 aromatic carbocycles. The summed E-state index contributed by atoms with van der Waals surface area (Å²) in [6, 6.07) is 4.99. The lowest BCUT2D eigenvalue weighted by Gasteiger charge is -2.11. The fourth-order valence-electron chi connectivity index (χ4n) is 2.02. The number of nitrogens with two attached hydrogens (primary N) is 1. The first-order valence-electron chi connectivity index (χ1n) is 6.85. The number of hydrogen-bond donors (Lipinski definition) is 1. The zero-order valence-corrected chi connectivity index (χ0v) is 11.0. The first kappa shape index (κ1) is 13.3. The van der Waals surface area contributed by atoms with Gasteiger partial charge < -0.3 is 10.5 Å². The average Bonchev–Trinajstić information content (AvgIpc) is 3.12. The van der Waals surface area contributed by atoms with E-state index in [0.29, 0.717) is 18.8 Å². The monoisotopic (exact) mass is 251 g/mol. The van der Waals surface area contributed by atoms with Crippen LogP contribution in [0.5, 0.6) is 5.75 Å². The highest BCUT2D eigenvalue weighted by Crippen LogP contribution is 2.32. The van der Waals surface area contributed by atoms with Gasteiger partial charge in [0.1, 0.15) is 11.6 Å². The fraction of sp³-hybridized carbons (Fsp3) is 0.600. The van der Waals surface area contributed by atoms with Crippen LogP contribution in [0.2, 0.25) is 0 Å². The van der Waals surface area contributed by atoms with Crippen molar-refractivity contribution >= 4 is 0 Å². The topological polar surface area (TPSA) is 35.2 Å². The van der Waals surface area contributed by atoms with Gasteiger partial charge in [0.15, 0.2) is 0 Å². The summed E-state index contributed by atoms with van der Waals surface area (Å²) in [7, 11) is 0. The molecular formula is C15H22FNO. The van der Waals surface area contributed by atoms with Gasteiger partial charge in [-0.2, -0.15) is 0 Å². The number of ether oxygens (including phenoxy) is 1. The number of halogens is 1. The molecule has 1 aliphatic carbocycles. The van der Waals surface area contributed by atoms with Crippen molar-refractivity contribution < 1.29 is 9.13 Å². The van der Waals surface area contributed by atoms with Gasteiger partial charge in [0.05, 0.1) is 6.61 Å². The van der Waals surface area contributed by atoms with Crippen molar-refractivity contribution in [1.29, 1.82) is 0 Å². The fourth-order valence-corrected chi connectivity index (χ4v) is 2.02. The van der Waals surface area contributed by atoms with E-state index in [1.807, 2.05) is 13.0 Å². The first-order valence-corrected chi connectivity index (χ1v) is 6.85. The number of rotatable bonds is 7. The minimum absolute atomic E-state index is 0.0890. The quantitative estimate of drug-likeness (QED) is 0.807. The zero-order chi connectivity index (χ0) is 13.0. The molecule has 1 fully saturated rings. The molecule has 0 spiro atoms. The molecule has 2 N–H and O–H groups in total. The van der Waals surface area contributed by atoms with Crippen LogP contribution in [0.1, 0.15) is 38.2 Å². The molecule has 1 unspecified atom stereocenters. The van der Waals surface area contributed by atoms with Gasteiger partial charge in [-0.1, -0.05) is 19.8 Å². The predicted molar refractivity (Wildman–Crippen MR) is 71.2 cm³/mol. The second-order valence-electron chi connectivity index (χ2n) is 5.25. The summed E-state index contributed by atoms with van der Waals surface area (Å²) in [5.41, 5.74) is 6.81. The molecule has 18 heavy (non-hydrogen) atoms. The second-order valence-corrected chi connectivity index (χ2v) is 5.25. The molecule has 3 heteroatoms. The van der Waals surface area contributed by atoms with Crippen LogP contribution in [-0.4, -0.2) is 12.6 Å². The SMILES string of the molecule is CCC(N)Cc1cc(F)cc(OCCC2CC2)c1. The minimum atomic E-state index is -0.239. The maximum Gasteiger partial charge on any atom is 0.127 e. The van der Waals surface area contributed by atoms with E-state index in [-0.39, 0.29) is 11.9 Å². The minimum Gasteiger partial charge on any atom is -0.493 e. The largest absolute Gasteiger partial charge is 0.493 e. The van der Waals surface area contributed by atoms with Crippen molar-refractivity contribution in [3.8, 4) is 5.75 Å². The number of benzene rings is 1. The summed E-state index contributed by atoms with van der Waals surface area (Å²) < 4.78 is 19.1. The molecule has 0 saturated heterocycles. The molecule has 0 amide bonds. The highest BCUT2D eigenvalue weighted by Gasteiger charge is 2.20. The first-order chi connectivity index (χ1) is 8.67. The van der Waals surface area contributed by atoms with Crippen LogP contribution >= 0.6 is 0 Å². The second kappa shape index (κ2) is 6.19. The molecule has 1 aliphatic rings. The summed E-state index contributed by atoms with van der Waals surface area (Å²) in [5, 5.41) is 0. The Morgan fingerprint density at radius 3 is 2.83 bits per heavy atom. The van der Waals surface area contributed by atoms with Crippen molar-refractivity contribution in [3.63, 3.8) is 0 Å². The van der Waals surface area contributed by atoms with Gasteiger partial charge in [-0.25, -0.2) is 4.39 Å². The number of hydrogen-bond acceptors (Lipinski definition) is 2. The highest BCUT2D eigenvalue weighted by atomic mass is 19.1. The lowest BCUT2D eigenvalue weighted by atomic mass is 10.0. The molecular weight excluding hydrogens is 229 g/mol. The van der Waals surface area contributed by atoms with Crippen LogP contribution in [0, 0.1) is 11.7 Å². The maximum atomic E-state index is 13.5. The Labute approximate surface area is 108 Å². The summed E-state index contributed by atoms with van der Waals surface area (Å²) in [5.74, 6) is 1.23. The smallest absolute Gasteiger partial charge is 0.127 e. The Morgan fingerprint density at radius 1 is 1.39 bits per heavy atom. The average molecular weight is 251 g/mol. The summed E-state index contributed by atoms with van der Waals surface area (Å²) in [6.45, 7) is 2.73. The molecule has 2 nitrogen and oxygen atoms in total. The standard InChI is InChI=1S/C15H22FNO/c1-2-14(17)8-12-7-13(16)10-15(9-12)18-6-5-11-3-4-11/h7,9-11,14H,2-6,8,17H2,1H3. The van der Waals surface area contributed by atoms with Crippen LogP contribution in [0.25, 0.3) is 0 Å². The third-order valence-electron chi connectivity index (χ3n) is 3.45.